The van der Waals surface area contributed by atoms with Crippen molar-refractivity contribution in [3.63, 3.8) is 0 Å². The molecule has 1 aromatic carbocycles. The van der Waals surface area contributed by atoms with Gasteiger partial charge < -0.3 is 19.6 Å². The Kier molecular flexibility index (Phi) is 57.1. The van der Waals surface area contributed by atoms with Crippen molar-refractivity contribution in [2.75, 3.05) is 67.0 Å². The summed E-state index contributed by atoms with van der Waals surface area (Å²) < 4.78 is 0. The van der Waals surface area contributed by atoms with Gasteiger partial charge in [-0.3, -0.25) is 4.79 Å². The van der Waals surface area contributed by atoms with Crippen molar-refractivity contribution < 1.29 is 4.79 Å². The van der Waals surface area contributed by atoms with Crippen LogP contribution in [0.5, 0.6) is 0 Å². The quantitative estimate of drug-likeness (QED) is 0.184. The molecule has 5 nitrogen and oxygen atoms in total. The largest absolute Gasteiger partial charge is 0.343 e. The second-order valence-corrected chi connectivity index (χ2v) is 22.9. The number of terminal acetylenes is 1. The molecule has 68 heavy (non-hydrogen) atoms. The van der Waals surface area contributed by atoms with Gasteiger partial charge in [-0.2, -0.15) is 0 Å². The number of nitrogens with zero attached hydrogens (tertiary/aromatic N) is 4. The first-order valence-corrected chi connectivity index (χ1v) is 28.1. The van der Waals surface area contributed by atoms with E-state index in [2.05, 4.69) is 204 Å². The molecule has 0 spiro atoms. The Labute approximate surface area is 432 Å². The number of amides is 1. The zero-order chi connectivity index (χ0) is 53.1. The van der Waals surface area contributed by atoms with Gasteiger partial charge in [-0.1, -0.05) is 222 Å². The predicted molar refractivity (Wildman–Crippen MR) is 315 cm³/mol. The average molecular weight is 960 g/mol. The molecule has 0 radical (unpaired) electrons. The van der Waals surface area contributed by atoms with Crippen LogP contribution >= 0.6 is 0 Å². The van der Waals surface area contributed by atoms with Crippen molar-refractivity contribution in [2.24, 2.45) is 52.8 Å². The van der Waals surface area contributed by atoms with E-state index < -0.39 is 0 Å². The first-order chi connectivity index (χ1) is 31.2. The van der Waals surface area contributed by atoms with Gasteiger partial charge in [0, 0.05) is 57.6 Å². The van der Waals surface area contributed by atoms with Gasteiger partial charge in [0.1, 0.15) is 0 Å². The molecule has 2 saturated heterocycles. The molecule has 0 atom stereocenters. The van der Waals surface area contributed by atoms with Crippen LogP contribution in [0.4, 0.5) is 0 Å². The van der Waals surface area contributed by atoms with E-state index in [1.807, 2.05) is 25.8 Å². The lowest BCUT2D eigenvalue weighted by atomic mass is 9.95. The van der Waals surface area contributed by atoms with Crippen LogP contribution in [0.2, 0.25) is 0 Å². The van der Waals surface area contributed by atoms with Crippen LogP contribution in [0.25, 0.3) is 0 Å². The summed E-state index contributed by atoms with van der Waals surface area (Å²) in [5.74, 6) is 9.54. The fourth-order valence-electron chi connectivity index (χ4n) is 6.05. The second kappa shape index (κ2) is 50.1. The molecule has 4 rings (SSSR count). The van der Waals surface area contributed by atoms with E-state index in [-0.39, 0.29) is 7.43 Å². The van der Waals surface area contributed by atoms with Crippen molar-refractivity contribution >= 4 is 5.91 Å². The maximum absolute atomic E-state index is 11.8. The number of piperazine rings is 1. The Bertz CT molecular complexity index is 1150. The highest BCUT2D eigenvalue weighted by molar-refractivity contribution is 5.76. The van der Waals surface area contributed by atoms with Gasteiger partial charge in [0.2, 0.25) is 5.91 Å². The number of carbonyl (C=O) groups excluding carboxylic acids is 1. The van der Waals surface area contributed by atoms with Crippen LogP contribution in [0, 0.1) is 65.1 Å². The number of carbonyl (C=O) groups is 1. The predicted octanol–water partition coefficient (Wildman–Crippen LogP) is 17.7. The van der Waals surface area contributed by atoms with Crippen molar-refractivity contribution in [3.8, 4) is 12.3 Å². The van der Waals surface area contributed by atoms with E-state index in [9.17, 15) is 4.79 Å². The van der Waals surface area contributed by atoms with E-state index in [1.54, 1.807) is 0 Å². The maximum Gasteiger partial charge on any atom is 0.222 e. The summed E-state index contributed by atoms with van der Waals surface area (Å²) in [6.45, 7) is 56.8. The monoisotopic (exact) mass is 959 g/mol. The smallest absolute Gasteiger partial charge is 0.222 e. The molecule has 0 bridgehead atoms. The summed E-state index contributed by atoms with van der Waals surface area (Å²) in [5.41, 5.74) is 1.78. The molecule has 1 aromatic rings. The van der Waals surface area contributed by atoms with Crippen LogP contribution in [-0.2, 0) is 11.2 Å². The lowest BCUT2D eigenvalue weighted by molar-refractivity contribution is -0.133. The van der Waals surface area contributed by atoms with E-state index >= 15 is 0 Å². The van der Waals surface area contributed by atoms with Crippen LogP contribution in [0.15, 0.2) is 30.3 Å². The minimum atomic E-state index is 0. The normalized spacial score (nSPS) is 15.3. The molecule has 2 heterocycles. The number of likely N-dealkylation sites (N-methyl/N-ethyl adjacent to an activating group) is 1. The molecule has 1 aliphatic carbocycles. The van der Waals surface area contributed by atoms with Crippen molar-refractivity contribution in [1.82, 2.24) is 19.6 Å². The average Bonchev–Trinajstić information content (AvgIpc) is 4.05. The first kappa shape index (κ1) is 77.6. The van der Waals surface area contributed by atoms with Gasteiger partial charge in [-0.05, 0) is 119 Å². The summed E-state index contributed by atoms with van der Waals surface area (Å²) in [4.78, 5) is 21.1. The first-order valence-electron chi connectivity index (χ1n) is 28.1. The van der Waals surface area contributed by atoms with Crippen LogP contribution in [0.1, 0.15) is 230 Å². The molecule has 2 aliphatic heterocycles. The molecule has 408 valence electrons. The number of likely N-dealkylation sites (tertiary alicyclic amines) is 1. The van der Waals surface area contributed by atoms with Gasteiger partial charge in [0.15, 0.2) is 0 Å². The van der Waals surface area contributed by atoms with Gasteiger partial charge >= 0.3 is 0 Å². The molecule has 1 saturated carbocycles. The van der Waals surface area contributed by atoms with Crippen LogP contribution < -0.4 is 0 Å². The summed E-state index contributed by atoms with van der Waals surface area (Å²) >= 11 is 0. The van der Waals surface area contributed by atoms with Gasteiger partial charge in [-0.15, -0.1) is 6.42 Å². The summed E-state index contributed by atoms with van der Waals surface area (Å²) in [6, 6.07) is 11.1. The lowest BCUT2D eigenvalue weighted by Crippen LogP contribution is -2.45. The van der Waals surface area contributed by atoms with Crippen molar-refractivity contribution in [2.45, 2.75) is 236 Å². The Balaban J connectivity index is -0.000000166. The van der Waals surface area contributed by atoms with Crippen molar-refractivity contribution in [3.05, 3.63) is 35.9 Å². The lowest BCUT2D eigenvalue weighted by Gasteiger charge is -2.35. The molecule has 0 aromatic heterocycles. The van der Waals surface area contributed by atoms with Crippen molar-refractivity contribution in [1.29, 1.82) is 0 Å². The van der Waals surface area contributed by atoms with Crippen LogP contribution in [0.3, 0.4) is 0 Å². The molecule has 3 fully saturated rings. The highest BCUT2D eigenvalue weighted by atomic mass is 16.2. The molecule has 1 amide bonds. The summed E-state index contributed by atoms with van der Waals surface area (Å²) in [7, 11) is 6.31. The number of hydrogen-bond donors (Lipinski definition) is 0. The number of hydrogen-bond acceptors (Lipinski definition) is 4. The van der Waals surface area contributed by atoms with E-state index in [4.69, 9.17) is 6.42 Å². The minimum Gasteiger partial charge on any atom is -0.343 e. The molecule has 0 N–H and O–H groups in total. The van der Waals surface area contributed by atoms with Gasteiger partial charge in [0.25, 0.3) is 0 Å². The van der Waals surface area contributed by atoms with E-state index in [0.717, 1.165) is 67.4 Å². The zero-order valence-electron chi connectivity index (χ0n) is 50.6. The summed E-state index contributed by atoms with van der Waals surface area (Å²) in [6.07, 6.45) is 18.5. The highest BCUT2D eigenvalue weighted by Gasteiger charge is 2.40. The number of piperidine rings is 1. The Morgan fingerprint density at radius 3 is 1.24 bits per heavy atom. The third-order valence-electron chi connectivity index (χ3n) is 12.1. The fourth-order valence-corrected chi connectivity index (χ4v) is 6.05. The van der Waals surface area contributed by atoms with Crippen LogP contribution in [-0.4, -0.2) is 98.5 Å². The fraction of sp³-hybridized carbons (Fsp3) is 0.857. The highest BCUT2D eigenvalue weighted by Crippen LogP contribution is 2.49. The van der Waals surface area contributed by atoms with Gasteiger partial charge in [0.05, 0.1) is 0 Å². The Hall–Kier alpha value is -1.87. The minimum absolute atomic E-state index is 0. The van der Waals surface area contributed by atoms with E-state index in [1.165, 1.54) is 89.7 Å². The Morgan fingerprint density at radius 2 is 0.971 bits per heavy atom. The molecular weight excluding hydrogens is 829 g/mol. The standard InChI is InChI=1S/C12H24N2O.C10H14.C9H20N2.C9H14.4C5H12.C2H6.CH4/c1-10(2)9-12(15)14(4)11-5-7-13(3)8-6-11;1-9(2)8-10-6-4-3-5-7-10;1-9(2)8-11-6-4-10(3)5-7-11;1-4-9(5-6-9)7-8(2)3;4*1-4-5(2)3;1-2;/h10-11H,5-9H2,1-4H3;3-7,9H,8H2,1-2H3;9H,4-8H2,1-3H3;1,8H,5-7H2,2-3H3;4*5H,4H2,1-3H3;1-2H3;1H4. The maximum atomic E-state index is 11.8. The number of benzene rings is 1. The summed E-state index contributed by atoms with van der Waals surface area (Å²) in [5, 5.41) is 0. The molecule has 5 heteroatoms. The SMILES string of the molecule is C.C#CC1(CC(C)C)CC1.CC.CC(C)CC(=O)N(C)C1CCN(C)CC1.CC(C)CN1CCN(C)CC1.CC(C)Cc1ccccc1.CCC(C)C.CCC(C)C.CCC(C)C.CCC(C)C. The third kappa shape index (κ3) is 56.7. The topological polar surface area (TPSA) is 30.0 Å². The third-order valence-corrected chi connectivity index (χ3v) is 12.1. The Morgan fingerprint density at radius 1 is 0.603 bits per heavy atom. The van der Waals surface area contributed by atoms with E-state index in [0.29, 0.717) is 29.7 Å². The molecule has 3 aliphatic rings. The zero-order valence-corrected chi connectivity index (χ0v) is 50.6. The number of rotatable bonds is 13. The second-order valence-electron chi connectivity index (χ2n) is 22.9. The molecule has 0 unspecified atom stereocenters. The van der Waals surface area contributed by atoms with Gasteiger partial charge in [-0.25, -0.2) is 0 Å². The molecular formula is C63H130N4O.